The Morgan fingerprint density at radius 3 is 3.12 bits per heavy atom. The quantitative estimate of drug-likeness (QED) is 0.865. The fourth-order valence-electron chi connectivity index (χ4n) is 1.57. The highest BCUT2D eigenvalue weighted by molar-refractivity contribution is 7.98. The average Bonchev–Trinajstić information content (AvgIpc) is 2.78. The van der Waals surface area contributed by atoms with Crippen molar-refractivity contribution in [2.75, 3.05) is 25.4 Å². The van der Waals surface area contributed by atoms with E-state index in [-0.39, 0.29) is 6.10 Å². The first-order valence-electron chi connectivity index (χ1n) is 5.98. The molecule has 0 aliphatic carbocycles. The molecule has 1 atom stereocenters. The van der Waals surface area contributed by atoms with Crippen LogP contribution in [0.1, 0.15) is 31.7 Å². The van der Waals surface area contributed by atoms with Gasteiger partial charge in [0.15, 0.2) is 5.82 Å². The van der Waals surface area contributed by atoms with Crippen LogP contribution in [0.15, 0.2) is 4.52 Å². The zero-order chi connectivity index (χ0) is 12.1. The van der Waals surface area contributed by atoms with Crippen molar-refractivity contribution < 1.29 is 9.26 Å². The molecule has 1 aliphatic heterocycles. The van der Waals surface area contributed by atoms with Gasteiger partial charge in [0, 0.05) is 13.1 Å². The van der Waals surface area contributed by atoms with Gasteiger partial charge in [0.1, 0.15) is 6.10 Å². The summed E-state index contributed by atoms with van der Waals surface area (Å²) in [5, 5.41) is 7.22. The molecular formula is C11H19N3O2S. The second kappa shape index (κ2) is 6.37. The van der Waals surface area contributed by atoms with E-state index in [0.29, 0.717) is 18.4 Å². The highest BCUT2D eigenvalue weighted by Crippen LogP contribution is 2.19. The normalized spacial score (nSPS) is 21.0. The van der Waals surface area contributed by atoms with Crippen molar-refractivity contribution in [2.24, 2.45) is 5.92 Å². The standard InChI is InChI=1S/C11H19N3O2S/c1-8(2)6-17-7-10-13-11(16-14-10)9-5-12-3-4-15-9/h8-9,12H,3-7H2,1-2H3. The molecule has 0 saturated carbocycles. The predicted octanol–water partition coefficient (Wildman–Crippen LogP) is 1.62. The van der Waals surface area contributed by atoms with Gasteiger partial charge in [-0.1, -0.05) is 19.0 Å². The second-order valence-corrected chi connectivity index (χ2v) is 5.55. The van der Waals surface area contributed by atoms with Crippen LogP contribution in [0.3, 0.4) is 0 Å². The molecule has 1 aromatic rings. The molecule has 0 bridgehead atoms. The van der Waals surface area contributed by atoms with Crippen LogP contribution in [-0.2, 0) is 10.5 Å². The van der Waals surface area contributed by atoms with Crippen LogP contribution in [0.5, 0.6) is 0 Å². The number of nitrogens with zero attached hydrogens (tertiary/aromatic N) is 2. The number of morpholine rings is 1. The number of rotatable bonds is 5. The fourth-order valence-corrected chi connectivity index (χ4v) is 2.46. The van der Waals surface area contributed by atoms with Crippen molar-refractivity contribution in [1.29, 1.82) is 0 Å². The number of aromatic nitrogens is 2. The van der Waals surface area contributed by atoms with E-state index in [1.807, 2.05) is 11.8 Å². The third kappa shape index (κ3) is 3.97. The molecule has 1 fully saturated rings. The summed E-state index contributed by atoms with van der Waals surface area (Å²) in [4.78, 5) is 4.37. The summed E-state index contributed by atoms with van der Waals surface area (Å²) in [5.74, 6) is 3.97. The second-order valence-electron chi connectivity index (χ2n) is 4.52. The Kier molecular flexibility index (Phi) is 4.82. The maximum atomic E-state index is 5.55. The summed E-state index contributed by atoms with van der Waals surface area (Å²) >= 11 is 1.83. The van der Waals surface area contributed by atoms with Gasteiger partial charge in [0.25, 0.3) is 5.89 Å². The van der Waals surface area contributed by atoms with Gasteiger partial charge >= 0.3 is 0 Å². The molecule has 1 unspecified atom stereocenters. The lowest BCUT2D eigenvalue weighted by Gasteiger charge is -2.19. The Morgan fingerprint density at radius 2 is 2.41 bits per heavy atom. The van der Waals surface area contributed by atoms with E-state index in [1.165, 1.54) is 0 Å². The SMILES string of the molecule is CC(C)CSCc1noc(C2CNCCO2)n1. The van der Waals surface area contributed by atoms with Crippen LogP contribution in [-0.4, -0.2) is 35.6 Å². The molecule has 5 nitrogen and oxygen atoms in total. The smallest absolute Gasteiger partial charge is 0.257 e. The minimum Gasteiger partial charge on any atom is -0.366 e. The lowest BCUT2D eigenvalue weighted by molar-refractivity contribution is 0.00755. The van der Waals surface area contributed by atoms with E-state index in [4.69, 9.17) is 9.26 Å². The molecule has 96 valence electrons. The predicted molar refractivity (Wildman–Crippen MR) is 66.9 cm³/mol. The van der Waals surface area contributed by atoms with E-state index >= 15 is 0 Å². The zero-order valence-electron chi connectivity index (χ0n) is 10.3. The summed E-state index contributed by atoms with van der Waals surface area (Å²) in [7, 11) is 0. The Labute approximate surface area is 106 Å². The molecule has 1 saturated heterocycles. The van der Waals surface area contributed by atoms with Crippen molar-refractivity contribution in [3.05, 3.63) is 11.7 Å². The summed E-state index contributed by atoms with van der Waals surface area (Å²) in [6, 6.07) is 0. The van der Waals surface area contributed by atoms with Gasteiger partial charge in [-0.15, -0.1) is 0 Å². The van der Waals surface area contributed by atoms with Crippen LogP contribution in [0.25, 0.3) is 0 Å². The molecule has 0 amide bonds. The lowest BCUT2D eigenvalue weighted by atomic mass is 10.3. The summed E-state index contributed by atoms with van der Waals surface area (Å²) in [5.41, 5.74) is 0. The van der Waals surface area contributed by atoms with Crippen LogP contribution in [0.2, 0.25) is 0 Å². The van der Waals surface area contributed by atoms with Crippen LogP contribution < -0.4 is 5.32 Å². The largest absolute Gasteiger partial charge is 0.366 e. The van der Waals surface area contributed by atoms with Crippen molar-refractivity contribution >= 4 is 11.8 Å². The minimum absolute atomic E-state index is 0.0832. The van der Waals surface area contributed by atoms with Crippen LogP contribution >= 0.6 is 11.8 Å². The van der Waals surface area contributed by atoms with Gasteiger partial charge in [-0.3, -0.25) is 0 Å². The van der Waals surface area contributed by atoms with E-state index in [1.54, 1.807) is 0 Å². The molecule has 1 aliphatic rings. The summed E-state index contributed by atoms with van der Waals surface area (Å²) in [6.45, 7) is 6.75. The van der Waals surface area contributed by atoms with Gasteiger partial charge in [0.05, 0.1) is 12.4 Å². The van der Waals surface area contributed by atoms with Crippen LogP contribution in [0.4, 0.5) is 0 Å². The lowest BCUT2D eigenvalue weighted by Crippen LogP contribution is -2.33. The third-order valence-corrected chi connectivity index (χ3v) is 3.73. The first-order chi connectivity index (χ1) is 8.25. The molecule has 1 N–H and O–H groups in total. The van der Waals surface area contributed by atoms with E-state index in [0.717, 1.165) is 30.4 Å². The molecule has 2 rings (SSSR count). The molecule has 0 aromatic carbocycles. The Balaban J connectivity index is 1.82. The molecule has 0 spiro atoms. The first-order valence-corrected chi connectivity index (χ1v) is 7.13. The van der Waals surface area contributed by atoms with Crippen molar-refractivity contribution in [2.45, 2.75) is 25.7 Å². The number of hydrogen-bond acceptors (Lipinski definition) is 6. The Hall–Kier alpha value is -0.590. The van der Waals surface area contributed by atoms with Crippen LogP contribution in [0, 0.1) is 5.92 Å². The van der Waals surface area contributed by atoms with E-state index in [9.17, 15) is 0 Å². The molecule has 0 radical (unpaired) electrons. The monoisotopic (exact) mass is 257 g/mol. The topological polar surface area (TPSA) is 60.2 Å². The van der Waals surface area contributed by atoms with Gasteiger partial charge in [-0.05, 0) is 11.7 Å². The van der Waals surface area contributed by atoms with Gasteiger partial charge < -0.3 is 14.6 Å². The van der Waals surface area contributed by atoms with E-state index in [2.05, 4.69) is 29.3 Å². The number of nitrogens with one attached hydrogen (secondary N) is 1. The highest BCUT2D eigenvalue weighted by Gasteiger charge is 2.21. The maximum absolute atomic E-state index is 5.55. The summed E-state index contributed by atoms with van der Waals surface area (Å²) in [6.07, 6.45) is -0.0832. The number of thioether (sulfide) groups is 1. The molecular weight excluding hydrogens is 238 g/mol. The number of ether oxygens (including phenoxy) is 1. The van der Waals surface area contributed by atoms with Crippen molar-refractivity contribution in [1.82, 2.24) is 15.5 Å². The molecule has 17 heavy (non-hydrogen) atoms. The molecule has 6 heteroatoms. The van der Waals surface area contributed by atoms with E-state index < -0.39 is 0 Å². The van der Waals surface area contributed by atoms with Gasteiger partial charge in [-0.2, -0.15) is 16.7 Å². The maximum Gasteiger partial charge on any atom is 0.257 e. The summed E-state index contributed by atoms with van der Waals surface area (Å²) < 4.78 is 10.8. The Bertz CT molecular complexity index is 337. The van der Waals surface area contributed by atoms with Crippen molar-refractivity contribution in [3.63, 3.8) is 0 Å². The number of hydrogen-bond donors (Lipinski definition) is 1. The van der Waals surface area contributed by atoms with Crippen molar-refractivity contribution in [3.8, 4) is 0 Å². The zero-order valence-corrected chi connectivity index (χ0v) is 11.1. The minimum atomic E-state index is -0.0832. The average molecular weight is 257 g/mol. The fraction of sp³-hybridized carbons (Fsp3) is 0.818. The first kappa shape index (κ1) is 12.9. The Morgan fingerprint density at radius 1 is 1.53 bits per heavy atom. The third-order valence-electron chi connectivity index (χ3n) is 2.37. The highest BCUT2D eigenvalue weighted by atomic mass is 32.2. The molecule has 2 heterocycles. The van der Waals surface area contributed by atoms with Gasteiger partial charge in [0.2, 0.25) is 0 Å². The van der Waals surface area contributed by atoms with Gasteiger partial charge in [-0.25, -0.2) is 0 Å². The molecule has 1 aromatic heterocycles.